The van der Waals surface area contributed by atoms with Gasteiger partial charge >= 0.3 is 0 Å². The fraction of sp³-hybridized carbons (Fsp3) is 0.357. The van der Waals surface area contributed by atoms with E-state index in [0.717, 1.165) is 71.0 Å². The number of rotatable bonds is 10. The Morgan fingerprint density at radius 3 is 1.11 bits per heavy atom. The maximum absolute atomic E-state index is 14.9. The second-order valence-electron chi connectivity index (χ2n) is 20.6. The normalized spacial score (nSPS) is 16.3. The van der Waals surface area contributed by atoms with Crippen molar-refractivity contribution in [2.24, 2.45) is 10.8 Å². The highest BCUT2D eigenvalue weighted by Gasteiger charge is 2.38. The number of hydrogen-bond acceptors (Lipinski definition) is 4. The molecule has 6 heteroatoms. The van der Waals surface area contributed by atoms with E-state index in [-0.39, 0.29) is 33.5 Å². The van der Waals surface area contributed by atoms with Crippen LogP contribution in [0.4, 0.5) is 22.7 Å². The van der Waals surface area contributed by atoms with Crippen LogP contribution in [-0.4, -0.2) is 24.9 Å². The zero-order valence-corrected chi connectivity index (χ0v) is 38.7. The summed E-state index contributed by atoms with van der Waals surface area (Å²) in [6, 6.07) is 45.9. The van der Waals surface area contributed by atoms with E-state index in [1.54, 1.807) is 0 Å². The van der Waals surface area contributed by atoms with Crippen LogP contribution >= 0.6 is 0 Å². The Morgan fingerprint density at radius 2 is 0.806 bits per heavy atom. The quantitative estimate of drug-likeness (QED) is 0.141. The van der Waals surface area contributed by atoms with Gasteiger partial charge in [0.2, 0.25) is 0 Å². The van der Waals surface area contributed by atoms with E-state index in [1.165, 1.54) is 11.1 Å². The highest BCUT2D eigenvalue weighted by molar-refractivity contribution is 6.07. The van der Waals surface area contributed by atoms with E-state index in [2.05, 4.69) is 164 Å². The monoisotopic (exact) mass is 827 g/mol. The molecule has 0 aliphatic carbocycles. The Hall–Kier alpha value is -5.88. The molecule has 5 aromatic rings. The number of para-hydroxylation sites is 2. The van der Waals surface area contributed by atoms with Gasteiger partial charge in [0.1, 0.15) is 0 Å². The van der Waals surface area contributed by atoms with Crippen molar-refractivity contribution in [3.8, 4) is 0 Å². The maximum Gasteiger partial charge on any atom is 0.256 e. The Labute approximate surface area is 371 Å². The van der Waals surface area contributed by atoms with E-state index < -0.39 is 0 Å². The highest BCUT2D eigenvalue weighted by Crippen LogP contribution is 2.41. The lowest BCUT2D eigenvalue weighted by Gasteiger charge is -2.39. The molecule has 2 aliphatic heterocycles. The van der Waals surface area contributed by atoms with Crippen molar-refractivity contribution in [2.45, 2.75) is 106 Å². The molecule has 2 amide bonds. The van der Waals surface area contributed by atoms with Crippen molar-refractivity contribution in [2.75, 3.05) is 32.7 Å². The highest BCUT2D eigenvalue weighted by atomic mass is 16.2. The molecule has 2 heterocycles. The van der Waals surface area contributed by atoms with Gasteiger partial charge in [-0.25, -0.2) is 0 Å². The zero-order chi connectivity index (χ0) is 44.5. The molecule has 0 bridgehead atoms. The molecule has 0 radical (unpaired) electrons. The van der Waals surface area contributed by atoms with Gasteiger partial charge in [-0.05, 0) is 105 Å². The molecule has 2 aliphatic rings. The van der Waals surface area contributed by atoms with E-state index in [0.29, 0.717) is 13.1 Å². The lowest BCUT2D eigenvalue weighted by Crippen LogP contribution is -2.41. The second kappa shape index (κ2) is 17.5. The molecule has 7 rings (SSSR count). The van der Waals surface area contributed by atoms with Gasteiger partial charge in [-0.3, -0.25) is 9.59 Å². The van der Waals surface area contributed by atoms with Crippen molar-refractivity contribution in [3.63, 3.8) is 0 Å². The third-order valence-corrected chi connectivity index (χ3v) is 12.9. The SMILES string of the molecule is CC1(C)CCN(c2ccc(C(C)(C)C)cc2)C=C1C(=O)N(Cc1ccc(CN(C(=O)C2=CN(c3ccc(C(C)(C)C)cc3)CCC2(C)C)c2ccccc2)cc1)c1ccccc1. The number of hydrogen-bond donors (Lipinski definition) is 0. The zero-order valence-electron chi connectivity index (χ0n) is 38.7. The maximum atomic E-state index is 14.9. The summed E-state index contributed by atoms with van der Waals surface area (Å²) < 4.78 is 0. The largest absolute Gasteiger partial charge is 0.347 e. The summed E-state index contributed by atoms with van der Waals surface area (Å²) in [5.41, 5.74) is 9.60. The standard InChI is InChI=1S/C56H66N4O2/c1-53(2,3)43-25-29-45(30-26-43)57-35-33-55(7,8)49(39-57)51(61)59(47-17-13-11-14-18-47)37-41-21-23-42(24-22-41)38-60(48-19-15-12-16-20-48)52(62)50-40-58(36-34-56(50,9)10)46-31-27-44(28-32-46)54(4,5)6/h11-32,39-40H,33-38H2,1-10H3. The second-order valence-corrected chi connectivity index (χ2v) is 20.6. The molecule has 0 fully saturated rings. The summed E-state index contributed by atoms with van der Waals surface area (Å²) in [6.45, 7) is 24.6. The lowest BCUT2D eigenvalue weighted by molar-refractivity contribution is -0.117. The molecule has 0 saturated heterocycles. The van der Waals surface area contributed by atoms with Gasteiger partial charge in [0.25, 0.3) is 11.8 Å². The van der Waals surface area contributed by atoms with Gasteiger partial charge < -0.3 is 19.6 Å². The van der Waals surface area contributed by atoms with Crippen LogP contribution < -0.4 is 19.6 Å². The van der Waals surface area contributed by atoms with Crippen molar-refractivity contribution in [3.05, 3.63) is 179 Å². The predicted molar refractivity (Wildman–Crippen MR) is 260 cm³/mol. The van der Waals surface area contributed by atoms with Crippen molar-refractivity contribution in [1.82, 2.24) is 0 Å². The van der Waals surface area contributed by atoms with Crippen LogP contribution in [0.25, 0.3) is 0 Å². The van der Waals surface area contributed by atoms with Gasteiger partial charge in [0, 0.05) is 59.4 Å². The number of anilines is 4. The van der Waals surface area contributed by atoms with Gasteiger partial charge in [-0.2, -0.15) is 0 Å². The Balaban J connectivity index is 1.15. The first kappa shape index (κ1) is 44.2. The van der Waals surface area contributed by atoms with Gasteiger partial charge in [0.15, 0.2) is 0 Å². The van der Waals surface area contributed by atoms with E-state index in [4.69, 9.17) is 0 Å². The summed E-state index contributed by atoms with van der Waals surface area (Å²) in [5, 5.41) is 0. The van der Waals surface area contributed by atoms with Crippen LogP contribution in [-0.2, 0) is 33.5 Å². The lowest BCUT2D eigenvalue weighted by atomic mass is 9.78. The fourth-order valence-electron chi connectivity index (χ4n) is 8.44. The molecule has 322 valence electrons. The topological polar surface area (TPSA) is 47.1 Å². The molecular formula is C56H66N4O2. The Kier molecular flexibility index (Phi) is 12.5. The van der Waals surface area contributed by atoms with Gasteiger partial charge in [0.05, 0.1) is 13.1 Å². The van der Waals surface area contributed by atoms with Crippen LogP contribution in [0.1, 0.15) is 104 Å². The first-order chi connectivity index (χ1) is 29.3. The number of carbonyl (C=O) groups excluding carboxylic acids is 2. The van der Waals surface area contributed by atoms with Crippen molar-refractivity contribution < 1.29 is 9.59 Å². The van der Waals surface area contributed by atoms with Crippen molar-refractivity contribution in [1.29, 1.82) is 0 Å². The molecule has 0 N–H and O–H groups in total. The minimum absolute atomic E-state index is 0.00435. The van der Waals surface area contributed by atoms with Crippen LogP contribution in [0, 0.1) is 10.8 Å². The third kappa shape index (κ3) is 9.91. The molecule has 6 nitrogen and oxygen atoms in total. The van der Waals surface area contributed by atoms with E-state index in [1.807, 2.05) is 70.5 Å². The minimum Gasteiger partial charge on any atom is -0.347 e. The average molecular weight is 827 g/mol. The number of nitrogens with zero attached hydrogens (tertiary/aromatic N) is 4. The van der Waals surface area contributed by atoms with Crippen LogP contribution in [0.5, 0.6) is 0 Å². The molecule has 0 unspecified atom stereocenters. The fourth-order valence-corrected chi connectivity index (χ4v) is 8.44. The number of carbonyl (C=O) groups is 2. The van der Waals surface area contributed by atoms with Crippen LogP contribution in [0.15, 0.2) is 157 Å². The molecule has 0 aromatic heterocycles. The Morgan fingerprint density at radius 1 is 0.484 bits per heavy atom. The molecule has 62 heavy (non-hydrogen) atoms. The third-order valence-electron chi connectivity index (χ3n) is 12.9. The summed E-state index contributed by atoms with van der Waals surface area (Å²) in [4.78, 5) is 38.0. The number of benzene rings is 5. The molecule has 0 saturated carbocycles. The summed E-state index contributed by atoms with van der Waals surface area (Å²) in [5.74, 6) is 0.00870. The summed E-state index contributed by atoms with van der Waals surface area (Å²) in [6.07, 6.45) is 5.88. The average Bonchev–Trinajstić information content (AvgIpc) is 3.25. The Bertz CT molecular complexity index is 2230. The molecular weight excluding hydrogens is 761 g/mol. The summed E-state index contributed by atoms with van der Waals surface area (Å²) >= 11 is 0. The number of amides is 2. The first-order valence-corrected chi connectivity index (χ1v) is 22.3. The summed E-state index contributed by atoms with van der Waals surface area (Å²) in [7, 11) is 0. The minimum atomic E-state index is -0.306. The van der Waals surface area contributed by atoms with Gasteiger partial charge in [-0.15, -0.1) is 0 Å². The van der Waals surface area contributed by atoms with E-state index >= 15 is 0 Å². The first-order valence-electron chi connectivity index (χ1n) is 22.3. The van der Waals surface area contributed by atoms with Crippen molar-refractivity contribution >= 4 is 34.6 Å². The van der Waals surface area contributed by atoms with E-state index in [9.17, 15) is 9.59 Å². The smallest absolute Gasteiger partial charge is 0.256 e. The van der Waals surface area contributed by atoms with Crippen LogP contribution in [0.2, 0.25) is 0 Å². The predicted octanol–water partition coefficient (Wildman–Crippen LogP) is 13.0. The molecule has 5 aromatic carbocycles. The van der Waals surface area contributed by atoms with Gasteiger partial charge in [-0.1, -0.05) is 154 Å². The van der Waals surface area contributed by atoms with Crippen LogP contribution in [0.3, 0.4) is 0 Å². The molecule has 0 spiro atoms. The molecule has 0 atom stereocenters.